The van der Waals surface area contributed by atoms with Crippen LogP contribution in [0.4, 0.5) is 0 Å². The molecule has 0 unspecified atom stereocenters. The Hall–Kier alpha value is -2.29. The van der Waals surface area contributed by atoms with Crippen molar-refractivity contribution in [1.82, 2.24) is 5.43 Å². The second-order valence-electron chi connectivity index (χ2n) is 4.68. The van der Waals surface area contributed by atoms with Gasteiger partial charge in [0.15, 0.2) is 0 Å². The fraction of sp³-hybridized carbons (Fsp3) is 0.188. The number of nitrogens with zero attached hydrogens (tertiary/aromatic N) is 1. The van der Waals surface area contributed by atoms with Crippen molar-refractivity contribution in [1.29, 1.82) is 0 Å². The van der Waals surface area contributed by atoms with E-state index in [1.807, 2.05) is 24.3 Å². The number of nitrogens with one attached hydrogen (secondary N) is 1. The second-order valence-corrected chi connectivity index (χ2v) is 4.68. The van der Waals surface area contributed by atoms with E-state index in [1.54, 1.807) is 7.11 Å². The molecule has 96 valence electrons. The highest BCUT2D eigenvalue weighted by Crippen LogP contribution is 2.21. The van der Waals surface area contributed by atoms with Crippen LogP contribution in [0, 0.1) is 6.92 Å². The van der Waals surface area contributed by atoms with Gasteiger partial charge >= 0.3 is 0 Å². The van der Waals surface area contributed by atoms with Crippen LogP contribution in [0.25, 0.3) is 0 Å². The van der Waals surface area contributed by atoms with E-state index in [0.717, 1.165) is 23.6 Å². The summed E-state index contributed by atoms with van der Waals surface area (Å²) in [5.41, 5.74) is 8.96. The number of aryl methyl sites for hydroxylation is 1. The zero-order valence-corrected chi connectivity index (χ0v) is 11.1. The van der Waals surface area contributed by atoms with Gasteiger partial charge in [0.2, 0.25) is 0 Å². The SMILES string of the molecule is COc1ccc(C2=NNCc3cc(C)ccc32)cc1. The molecule has 0 spiro atoms. The summed E-state index contributed by atoms with van der Waals surface area (Å²) in [6.45, 7) is 2.90. The topological polar surface area (TPSA) is 33.6 Å². The average Bonchev–Trinajstić information content (AvgIpc) is 2.46. The van der Waals surface area contributed by atoms with Crippen LogP contribution in [0.3, 0.4) is 0 Å². The molecule has 1 aliphatic heterocycles. The molecule has 1 heterocycles. The molecule has 0 saturated heterocycles. The van der Waals surface area contributed by atoms with Gasteiger partial charge in [-0.3, -0.25) is 0 Å². The van der Waals surface area contributed by atoms with Crippen molar-refractivity contribution in [2.75, 3.05) is 7.11 Å². The number of fused-ring (bicyclic) bond motifs is 1. The number of rotatable bonds is 2. The Morgan fingerprint density at radius 3 is 2.63 bits per heavy atom. The maximum Gasteiger partial charge on any atom is 0.118 e. The first kappa shape index (κ1) is 11.8. The Morgan fingerprint density at radius 2 is 1.89 bits per heavy atom. The monoisotopic (exact) mass is 252 g/mol. The van der Waals surface area contributed by atoms with E-state index in [-0.39, 0.29) is 0 Å². The molecule has 0 atom stereocenters. The summed E-state index contributed by atoms with van der Waals surface area (Å²) < 4.78 is 5.19. The van der Waals surface area contributed by atoms with Crippen molar-refractivity contribution in [2.24, 2.45) is 5.10 Å². The predicted molar refractivity (Wildman–Crippen MR) is 76.7 cm³/mol. The lowest BCUT2D eigenvalue weighted by Crippen LogP contribution is -2.21. The fourth-order valence-corrected chi connectivity index (χ4v) is 2.33. The molecule has 3 rings (SSSR count). The zero-order valence-electron chi connectivity index (χ0n) is 11.1. The molecule has 2 aromatic carbocycles. The number of methoxy groups -OCH3 is 1. The van der Waals surface area contributed by atoms with Crippen molar-refractivity contribution >= 4 is 5.71 Å². The number of hydrazone groups is 1. The van der Waals surface area contributed by atoms with Crippen LogP contribution in [0.2, 0.25) is 0 Å². The standard InChI is InChI=1S/C16H16N2O/c1-11-3-8-15-13(9-11)10-17-18-16(15)12-4-6-14(19-2)7-5-12/h3-9,17H,10H2,1-2H3. The highest BCUT2D eigenvalue weighted by atomic mass is 16.5. The van der Waals surface area contributed by atoms with Gasteiger partial charge in [0, 0.05) is 11.1 Å². The summed E-state index contributed by atoms with van der Waals surface area (Å²) in [5.74, 6) is 0.859. The molecule has 2 aromatic rings. The predicted octanol–water partition coefficient (Wildman–Crippen LogP) is 2.86. The smallest absolute Gasteiger partial charge is 0.118 e. The van der Waals surface area contributed by atoms with Gasteiger partial charge in [-0.1, -0.05) is 23.8 Å². The van der Waals surface area contributed by atoms with E-state index >= 15 is 0 Å². The molecule has 0 aromatic heterocycles. The van der Waals surface area contributed by atoms with Gasteiger partial charge < -0.3 is 10.2 Å². The molecule has 0 amide bonds. The Bertz CT molecular complexity index is 630. The molecular weight excluding hydrogens is 236 g/mol. The van der Waals surface area contributed by atoms with E-state index in [9.17, 15) is 0 Å². The number of ether oxygens (including phenoxy) is 1. The van der Waals surface area contributed by atoms with Crippen LogP contribution in [0.5, 0.6) is 5.75 Å². The summed E-state index contributed by atoms with van der Waals surface area (Å²) in [7, 11) is 1.67. The minimum absolute atomic E-state index is 0.788. The minimum Gasteiger partial charge on any atom is -0.497 e. The van der Waals surface area contributed by atoms with Crippen molar-refractivity contribution in [3.63, 3.8) is 0 Å². The van der Waals surface area contributed by atoms with E-state index in [2.05, 4.69) is 35.7 Å². The lowest BCUT2D eigenvalue weighted by Gasteiger charge is -2.18. The third-order valence-corrected chi connectivity index (χ3v) is 3.34. The average molecular weight is 252 g/mol. The second kappa shape index (κ2) is 4.76. The fourth-order valence-electron chi connectivity index (χ4n) is 2.33. The van der Waals surface area contributed by atoms with Crippen LogP contribution in [0.15, 0.2) is 47.6 Å². The number of hydrogen-bond acceptors (Lipinski definition) is 3. The van der Waals surface area contributed by atoms with E-state index in [0.29, 0.717) is 0 Å². The molecule has 0 fully saturated rings. The highest BCUT2D eigenvalue weighted by molar-refractivity contribution is 6.14. The first-order valence-electron chi connectivity index (χ1n) is 6.33. The molecule has 19 heavy (non-hydrogen) atoms. The molecule has 3 heteroatoms. The van der Waals surface area contributed by atoms with Crippen LogP contribution in [-0.2, 0) is 6.54 Å². The molecule has 0 saturated carbocycles. The highest BCUT2D eigenvalue weighted by Gasteiger charge is 2.15. The minimum atomic E-state index is 0.788. The van der Waals surface area contributed by atoms with Crippen LogP contribution in [0.1, 0.15) is 22.3 Å². The van der Waals surface area contributed by atoms with Gasteiger partial charge in [-0.05, 0) is 36.8 Å². The normalized spacial score (nSPS) is 13.3. The first-order valence-corrected chi connectivity index (χ1v) is 6.33. The quantitative estimate of drug-likeness (QED) is 0.891. The van der Waals surface area contributed by atoms with Gasteiger partial charge in [-0.2, -0.15) is 5.10 Å². The lowest BCUT2D eigenvalue weighted by molar-refractivity contribution is 0.415. The molecule has 1 aliphatic rings. The molecule has 0 radical (unpaired) electrons. The Morgan fingerprint density at radius 1 is 1.11 bits per heavy atom. The summed E-state index contributed by atoms with van der Waals surface area (Å²) in [5, 5.41) is 4.45. The zero-order chi connectivity index (χ0) is 13.2. The van der Waals surface area contributed by atoms with Crippen LogP contribution in [-0.4, -0.2) is 12.8 Å². The van der Waals surface area contributed by atoms with Gasteiger partial charge in [-0.15, -0.1) is 0 Å². The van der Waals surface area contributed by atoms with Gasteiger partial charge in [-0.25, -0.2) is 0 Å². The van der Waals surface area contributed by atoms with Crippen molar-refractivity contribution in [3.8, 4) is 5.75 Å². The van der Waals surface area contributed by atoms with Gasteiger partial charge in [0.1, 0.15) is 5.75 Å². The molecular formula is C16H16N2O. The Labute approximate surface area is 112 Å². The van der Waals surface area contributed by atoms with Crippen LogP contribution >= 0.6 is 0 Å². The Kier molecular flexibility index (Phi) is 2.95. The summed E-state index contributed by atoms with van der Waals surface area (Å²) in [6, 6.07) is 14.5. The number of benzene rings is 2. The largest absolute Gasteiger partial charge is 0.497 e. The van der Waals surface area contributed by atoms with E-state index in [4.69, 9.17) is 4.74 Å². The third-order valence-electron chi connectivity index (χ3n) is 3.34. The van der Waals surface area contributed by atoms with Crippen molar-refractivity contribution in [3.05, 3.63) is 64.7 Å². The van der Waals surface area contributed by atoms with Gasteiger partial charge in [0.25, 0.3) is 0 Å². The Balaban J connectivity index is 2.03. The van der Waals surface area contributed by atoms with Crippen molar-refractivity contribution in [2.45, 2.75) is 13.5 Å². The first-order chi connectivity index (χ1) is 9.28. The molecule has 0 aliphatic carbocycles. The maximum atomic E-state index is 5.19. The lowest BCUT2D eigenvalue weighted by atomic mass is 9.95. The molecule has 0 bridgehead atoms. The maximum absolute atomic E-state index is 5.19. The van der Waals surface area contributed by atoms with Crippen LogP contribution < -0.4 is 10.2 Å². The summed E-state index contributed by atoms with van der Waals surface area (Å²) in [6.07, 6.45) is 0. The third kappa shape index (κ3) is 2.19. The number of hydrogen-bond donors (Lipinski definition) is 1. The summed E-state index contributed by atoms with van der Waals surface area (Å²) in [4.78, 5) is 0. The van der Waals surface area contributed by atoms with Crippen molar-refractivity contribution < 1.29 is 4.74 Å². The summed E-state index contributed by atoms with van der Waals surface area (Å²) >= 11 is 0. The molecule has 1 N–H and O–H groups in total. The molecule has 3 nitrogen and oxygen atoms in total. The van der Waals surface area contributed by atoms with E-state index < -0.39 is 0 Å². The van der Waals surface area contributed by atoms with Gasteiger partial charge in [0.05, 0.1) is 19.4 Å². The van der Waals surface area contributed by atoms with E-state index in [1.165, 1.54) is 16.7 Å².